The van der Waals surface area contributed by atoms with Gasteiger partial charge in [0.2, 0.25) is 0 Å². The second kappa shape index (κ2) is 6.34. The Bertz CT molecular complexity index is 439. The van der Waals surface area contributed by atoms with Gasteiger partial charge in [-0.25, -0.2) is 9.18 Å². The molecule has 106 valence electrons. The fourth-order valence-corrected chi connectivity index (χ4v) is 1.94. The van der Waals surface area contributed by atoms with Crippen LogP contribution >= 0.6 is 15.9 Å². The van der Waals surface area contributed by atoms with E-state index in [2.05, 4.69) is 21.2 Å². The number of carbonyl (C=O) groups is 1. The standard InChI is InChI=1S/C13H17BrFNO3/c1-13(2,3)19-12(18)16-11(7-17)8-4-9(14)6-10(15)5-8/h4-6,11,17H,7H2,1-3H3,(H,16,18). The monoisotopic (exact) mass is 333 g/mol. The predicted octanol–water partition coefficient (Wildman–Crippen LogP) is 3.15. The second-order valence-electron chi connectivity index (χ2n) is 5.08. The maximum atomic E-state index is 13.3. The molecule has 1 amide bonds. The molecule has 0 aliphatic carbocycles. The number of carbonyl (C=O) groups excluding carboxylic acids is 1. The van der Waals surface area contributed by atoms with E-state index < -0.39 is 23.6 Å². The van der Waals surface area contributed by atoms with Crippen molar-refractivity contribution in [2.75, 3.05) is 6.61 Å². The van der Waals surface area contributed by atoms with Crippen molar-refractivity contribution in [2.45, 2.75) is 32.4 Å². The lowest BCUT2D eigenvalue weighted by Crippen LogP contribution is -2.36. The van der Waals surface area contributed by atoms with Crippen molar-refractivity contribution in [1.82, 2.24) is 5.32 Å². The van der Waals surface area contributed by atoms with Gasteiger partial charge in [-0.2, -0.15) is 0 Å². The van der Waals surface area contributed by atoms with Gasteiger partial charge in [0, 0.05) is 4.47 Å². The van der Waals surface area contributed by atoms with Crippen LogP contribution in [0.25, 0.3) is 0 Å². The molecule has 0 fully saturated rings. The number of halogens is 2. The largest absolute Gasteiger partial charge is 0.444 e. The topological polar surface area (TPSA) is 58.6 Å². The molecule has 0 aliphatic rings. The summed E-state index contributed by atoms with van der Waals surface area (Å²) >= 11 is 3.16. The van der Waals surface area contributed by atoms with Crippen LogP contribution in [-0.4, -0.2) is 23.4 Å². The van der Waals surface area contributed by atoms with Crippen molar-refractivity contribution in [3.8, 4) is 0 Å². The van der Waals surface area contributed by atoms with Gasteiger partial charge in [0.25, 0.3) is 0 Å². The van der Waals surface area contributed by atoms with Crippen molar-refractivity contribution in [2.24, 2.45) is 0 Å². The van der Waals surface area contributed by atoms with Crippen LogP contribution in [0.5, 0.6) is 0 Å². The molecule has 4 nitrogen and oxygen atoms in total. The van der Waals surface area contributed by atoms with E-state index >= 15 is 0 Å². The third-order valence-corrected chi connectivity index (χ3v) is 2.62. The first kappa shape index (κ1) is 15.9. The number of nitrogens with one attached hydrogen (secondary N) is 1. The van der Waals surface area contributed by atoms with Crippen LogP contribution in [0.4, 0.5) is 9.18 Å². The lowest BCUT2D eigenvalue weighted by atomic mass is 10.1. The van der Waals surface area contributed by atoms with Crippen molar-refractivity contribution < 1.29 is 19.0 Å². The molecule has 0 aromatic heterocycles. The first-order valence-electron chi connectivity index (χ1n) is 5.77. The number of benzene rings is 1. The van der Waals surface area contributed by atoms with E-state index in [0.717, 1.165) is 0 Å². The molecule has 1 unspecified atom stereocenters. The van der Waals surface area contributed by atoms with E-state index in [4.69, 9.17) is 4.74 Å². The third-order valence-electron chi connectivity index (χ3n) is 2.16. The van der Waals surface area contributed by atoms with E-state index in [0.29, 0.717) is 10.0 Å². The minimum atomic E-state index is -0.721. The highest BCUT2D eigenvalue weighted by atomic mass is 79.9. The Morgan fingerprint density at radius 2 is 2.11 bits per heavy atom. The first-order chi connectivity index (χ1) is 8.71. The Hall–Kier alpha value is -1.14. The van der Waals surface area contributed by atoms with Gasteiger partial charge in [0.05, 0.1) is 12.6 Å². The van der Waals surface area contributed by atoms with Gasteiger partial charge in [-0.05, 0) is 44.5 Å². The van der Waals surface area contributed by atoms with E-state index in [1.54, 1.807) is 26.8 Å². The molecule has 1 aromatic rings. The fourth-order valence-electron chi connectivity index (χ4n) is 1.46. The molecular formula is C13H17BrFNO3. The molecule has 0 saturated heterocycles. The highest BCUT2D eigenvalue weighted by Gasteiger charge is 2.20. The Labute approximate surface area is 120 Å². The molecule has 0 radical (unpaired) electrons. The molecule has 0 saturated carbocycles. The van der Waals surface area contributed by atoms with Crippen LogP contribution < -0.4 is 5.32 Å². The van der Waals surface area contributed by atoms with Crippen LogP contribution in [-0.2, 0) is 4.74 Å². The average molecular weight is 334 g/mol. The van der Waals surface area contributed by atoms with Crippen LogP contribution in [0.2, 0.25) is 0 Å². The Morgan fingerprint density at radius 3 is 2.58 bits per heavy atom. The predicted molar refractivity (Wildman–Crippen MR) is 73.3 cm³/mol. The van der Waals surface area contributed by atoms with Gasteiger partial charge in [0.15, 0.2) is 0 Å². The fraction of sp³-hybridized carbons (Fsp3) is 0.462. The molecular weight excluding hydrogens is 317 g/mol. The number of amides is 1. The molecule has 2 N–H and O–H groups in total. The van der Waals surface area contributed by atoms with E-state index in [9.17, 15) is 14.3 Å². The Morgan fingerprint density at radius 1 is 1.47 bits per heavy atom. The Kier molecular flexibility index (Phi) is 5.31. The third kappa shape index (κ3) is 5.57. The normalized spacial score (nSPS) is 12.9. The average Bonchev–Trinajstić information content (AvgIpc) is 2.21. The molecule has 1 rings (SSSR count). The summed E-state index contributed by atoms with van der Waals surface area (Å²) in [6.07, 6.45) is -0.660. The number of aliphatic hydroxyl groups excluding tert-OH is 1. The summed E-state index contributed by atoms with van der Waals surface area (Å²) in [5.41, 5.74) is -0.174. The minimum Gasteiger partial charge on any atom is -0.444 e. The molecule has 1 atom stereocenters. The summed E-state index contributed by atoms with van der Waals surface area (Å²) in [6.45, 7) is 4.85. The van der Waals surface area contributed by atoms with Gasteiger partial charge in [-0.3, -0.25) is 0 Å². The van der Waals surface area contributed by atoms with Gasteiger partial charge >= 0.3 is 6.09 Å². The maximum Gasteiger partial charge on any atom is 0.408 e. The highest BCUT2D eigenvalue weighted by Crippen LogP contribution is 2.20. The Balaban J connectivity index is 2.81. The van der Waals surface area contributed by atoms with Crippen molar-refractivity contribution >= 4 is 22.0 Å². The molecule has 0 spiro atoms. The van der Waals surface area contributed by atoms with Gasteiger partial charge in [-0.15, -0.1) is 0 Å². The quantitative estimate of drug-likeness (QED) is 0.893. The molecule has 19 heavy (non-hydrogen) atoms. The number of hydrogen-bond donors (Lipinski definition) is 2. The van der Waals surface area contributed by atoms with Gasteiger partial charge < -0.3 is 15.2 Å². The minimum absolute atomic E-state index is 0.352. The zero-order chi connectivity index (χ0) is 14.6. The summed E-state index contributed by atoms with van der Waals surface area (Å²) < 4.78 is 18.9. The van der Waals surface area contributed by atoms with Crippen LogP contribution in [0.15, 0.2) is 22.7 Å². The van der Waals surface area contributed by atoms with Crippen molar-refractivity contribution in [1.29, 1.82) is 0 Å². The van der Waals surface area contributed by atoms with Gasteiger partial charge in [0.1, 0.15) is 11.4 Å². The van der Waals surface area contributed by atoms with Gasteiger partial charge in [-0.1, -0.05) is 15.9 Å². The molecule has 1 aromatic carbocycles. The second-order valence-corrected chi connectivity index (χ2v) is 6.00. The lowest BCUT2D eigenvalue weighted by Gasteiger charge is -2.23. The molecule has 0 bridgehead atoms. The molecule has 0 aliphatic heterocycles. The highest BCUT2D eigenvalue weighted by molar-refractivity contribution is 9.10. The SMILES string of the molecule is CC(C)(C)OC(=O)NC(CO)c1cc(F)cc(Br)c1. The zero-order valence-corrected chi connectivity index (χ0v) is 12.6. The summed E-state index contributed by atoms with van der Waals surface area (Å²) in [4.78, 5) is 11.6. The van der Waals surface area contributed by atoms with Crippen molar-refractivity contribution in [3.05, 3.63) is 34.1 Å². The molecule has 6 heteroatoms. The molecule has 0 heterocycles. The summed E-state index contributed by atoms with van der Waals surface area (Å²) in [6, 6.07) is 3.46. The number of rotatable bonds is 3. The summed E-state index contributed by atoms with van der Waals surface area (Å²) in [7, 11) is 0. The summed E-state index contributed by atoms with van der Waals surface area (Å²) in [5.74, 6) is -0.450. The van der Waals surface area contributed by atoms with E-state index in [1.165, 1.54) is 12.1 Å². The number of aliphatic hydroxyl groups is 1. The van der Waals surface area contributed by atoms with Crippen LogP contribution in [0.3, 0.4) is 0 Å². The van der Waals surface area contributed by atoms with Crippen LogP contribution in [0.1, 0.15) is 32.4 Å². The summed E-state index contributed by atoms with van der Waals surface area (Å²) in [5, 5.41) is 11.8. The van der Waals surface area contributed by atoms with Crippen LogP contribution in [0, 0.1) is 5.82 Å². The zero-order valence-electron chi connectivity index (χ0n) is 11.0. The lowest BCUT2D eigenvalue weighted by molar-refractivity contribution is 0.0481. The first-order valence-corrected chi connectivity index (χ1v) is 6.57. The number of hydrogen-bond acceptors (Lipinski definition) is 3. The van der Waals surface area contributed by atoms with E-state index in [1.807, 2.05) is 0 Å². The number of ether oxygens (including phenoxy) is 1. The van der Waals surface area contributed by atoms with E-state index in [-0.39, 0.29) is 6.61 Å². The maximum absolute atomic E-state index is 13.3. The smallest absolute Gasteiger partial charge is 0.408 e. The number of alkyl carbamates (subject to hydrolysis) is 1. The van der Waals surface area contributed by atoms with Crippen molar-refractivity contribution in [3.63, 3.8) is 0 Å².